The number of aliphatic hydroxyl groups is 1. The van der Waals surface area contributed by atoms with Crippen molar-refractivity contribution in [2.24, 2.45) is 5.73 Å². The quantitative estimate of drug-likeness (QED) is 0.312. The van der Waals surface area contributed by atoms with E-state index in [9.17, 15) is 9.50 Å². The van der Waals surface area contributed by atoms with Crippen molar-refractivity contribution >= 4 is 17.0 Å². The van der Waals surface area contributed by atoms with E-state index in [1.807, 2.05) is 37.7 Å². The molecule has 0 fully saturated rings. The number of halogens is 1. The average molecular weight is 554 g/mol. The molecule has 6 rings (SSSR count). The lowest BCUT2D eigenvalue weighted by atomic mass is 9.87. The molecule has 0 unspecified atom stereocenters. The van der Waals surface area contributed by atoms with Crippen LogP contribution in [0.25, 0.3) is 22.2 Å². The van der Waals surface area contributed by atoms with E-state index in [4.69, 9.17) is 5.73 Å². The van der Waals surface area contributed by atoms with Gasteiger partial charge in [-0.05, 0) is 56.5 Å². The largest absolute Gasteiger partial charge is 0.394 e. The highest BCUT2D eigenvalue weighted by Gasteiger charge is 2.26. The molecule has 1 atom stereocenters. The summed E-state index contributed by atoms with van der Waals surface area (Å²) < 4.78 is 17.0. The maximum Gasteiger partial charge on any atom is 0.225 e. The van der Waals surface area contributed by atoms with Gasteiger partial charge in [-0.3, -0.25) is 4.68 Å². The number of nitrogens with zero attached hydrogens (tertiary/aromatic N) is 8. The van der Waals surface area contributed by atoms with Crippen molar-refractivity contribution in [1.82, 2.24) is 34.3 Å². The fourth-order valence-electron chi connectivity index (χ4n) is 4.99. The van der Waals surface area contributed by atoms with Crippen molar-refractivity contribution in [3.63, 3.8) is 0 Å². The van der Waals surface area contributed by atoms with E-state index in [1.54, 1.807) is 41.7 Å². The Labute approximate surface area is 237 Å². The van der Waals surface area contributed by atoms with Gasteiger partial charge in [-0.2, -0.15) is 10.2 Å². The predicted molar refractivity (Wildman–Crippen MR) is 154 cm³/mol. The predicted octanol–water partition coefficient (Wildman–Crippen LogP) is 3.77. The molecule has 4 aromatic heterocycles. The molecule has 0 radical (unpaired) electrons. The summed E-state index contributed by atoms with van der Waals surface area (Å²) in [6.45, 7) is 7.10. The first-order chi connectivity index (χ1) is 19.7. The third-order valence-electron chi connectivity index (χ3n) is 7.81. The fourth-order valence-corrected chi connectivity index (χ4v) is 4.99. The molecule has 0 saturated carbocycles. The lowest BCUT2D eigenvalue weighted by Crippen LogP contribution is -2.35. The molecule has 0 aliphatic carbocycles. The second kappa shape index (κ2) is 10.2. The summed E-state index contributed by atoms with van der Waals surface area (Å²) in [6, 6.07) is 8.25. The molecule has 0 bridgehead atoms. The number of aromatic nitrogens is 7. The molecule has 1 aliphatic heterocycles. The van der Waals surface area contributed by atoms with E-state index in [-0.39, 0.29) is 12.4 Å². The van der Waals surface area contributed by atoms with Crippen LogP contribution in [0, 0.1) is 5.82 Å². The Morgan fingerprint density at radius 1 is 0.951 bits per heavy atom. The standard InChI is InChI=1S/C30H32FN9O/c1-29(2,18-41)40-17-22(13-36-40)21-12-26-27(35-19-37-39(26)16-21)20-8-10-38(11-9-20)28-33-14-24(15-34-28)30(3,32)23-4-6-25(31)7-5-23/h4-8,12-17,19,41H,9-11,18,32H2,1-3H3/t30-/m0/s1. The number of nitrogens with two attached hydrogens (primary N) is 1. The summed E-state index contributed by atoms with van der Waals surface area (Å²) in [4.78, 5) is 15.9. The number of hydrogen-bond acceptors (Lipinski definition) is 8. The monoisotopic (exact) mass is 553 g/mol. The van der Waals surface area contributed by atoms with Gasteiger partial charge in [-0.1, -0.05) is 18.2 Å². The van der Waals surface area contributed by atoms with E-state index in [1.165, 1.54) is 12.1 Å². The van der Waals surface area contributed by atoms with Crippen LogP contribution in [0.5, 0.6) is 0 Å². The molecule has 5 aromatic rings. The molecule has 1 aliphatic rings. The van der Waals surface area contributed by atoms with Crippen LogP contribution < -0.4 is 10.6 Å². The summed E-state index contributed by atoms with van der Waals surface area (Å²) in [7, 11) is 0. The Balaban J connectivity index is 1.20. The average Bonchev–Trinajstić information content (AvgIpc) is 3.66. The second-order valence-electron chi connectivity index (χ2n) is 11.2. The van der Waals surface area contributed by atoms with Crippen LogP contribution in [0.15, 0.2) is 73.7 Å². The molecule has 0 spiro atoms. The number of hydrogen-bond donors (Lipinski definition) is 2. The van der Waals surface area contributed by atoms with Crippen LogP contribution in [0.3, 0.4) is 0 Å². The van der Waals surface area contributed by atoms with Crippen LogP contribution in [-0.2, 0) is 11.1 Å². The second-order valence-corrected chi connectivity index (χ2v) is 11.2. The van der Waals surface area contributed by atoms with E-state index in [0.717, 1.165) is 52.0 Å². The summed E-state index contributed by atoms with van der Waals surface area (Å²) in [6.07, 6.45) is 13.7. The number of benzene rings is 1. The minimum Gasteiger partial charge on any atom is -0.394 e. The Morgan fingerprint density at radius 2 is 1.71 bits per heavy atom. The van der Waals surface area contributed by atoms with Gasteiger partial charge in [0.05, 0.1) is 35.1 Å². The van der Waals surface area contributed by atoms with Gasteiger partial charge in [0.25, 0.3) is 0 Å². The van der Waals surface area contributed by atoms with Crippen LogP contribution in [0.2, 0.25) is 0 Å². The molecule has 41 heavy (non-hydrogen) atoms. The highest BCUT2D eigenvalue weighted by molar-refractivity contribution is 5.80. The number of anilines is 1. The van der Waals surface area contributed by atoms with E-state index in [0.29, 0.717) is 12.5 Å². The lowest BCUT2D eigenvalue weighted by molar-refractivity contribution is 0.152. The van der Waals surface area contributed by atoms with Gasteiger partial charge >= 0.3 is 0 Å². The first kappa shape index (κ1) is 26.7. The number of aliphatic hydroxyl groups excluding tert-OH is 1. The fraction of sp³-hybridized carbons (Fsp3) is 0.300. The van der Waals surface area contributed by atoms with Crippen molar-refractivity contribution in [3.05, 3.63) is 96.4 Å². The summed E-state index contributed by atoms with van der Waals surface area (Å²) in [5.74, 6) is 0.323. The molecule has 1 aromatic carbocycles. The van der Waals surface area contributed by atoms with Crippen LogP contribution in [0.4, 0.5) is 10.3 Å². The SMILES string of the molecule is CC(C)(CO)n1cc(-c2cc3c(C4=CCN(c5ncc([C@@](C)(N)c6ccc(F)cc6)cn5)CC4)ncnn3c2)cn1. The first-order valence-corrected chi connectivity index (χ1v) is 13.5. The smallest absolute Gasteiger partial charge is 0.225 e. The molecule has 3 N–H and O–H groups in total. The van der Waals surface area contributed by atoms with Crippen LogP contribution in [-0.4, -0.2) is 59.1 Å². The van der Waals surface area contributed by atoms with E-state index in [2.05, 4.69) is 42.2 Å². The first-order valence-electron chi connectivity index (χ1n) is 13.5. The minimum atomic E-state index is -0.844. The maximum atomic E-state index is 13.4. The van der Waals surface area contributed by atoms with E-state index >= 15 is 0 Å². The van der Waals surface area contributed by atoms with Crippen molar-refractivity contribution in [1.29, 1.82) is 0 Å². The third-order valence-corrected chi connectivity index (χ3v) is 7.81. The Kier molecular flexibility index (Phi) is 6.63. The normalized spacial score (nSPS) is 15.7. The highest BCUT2D eigenvalue weighted by atomic mass is 19.1. The zero-order chi connectivity index (χ0) is 28.8. The number of rotatable bonds is 7. The molecule has 5 heterocycles. The lowest BCUT2D eigenvalue weighted by Gasteiger charge is -2.28. The number of fused-ring (bicyclic) bond motifs is 1. The minimum absolute atomic E-state index is 0.00969. The van der Waals surface area contributed by atoms with Gasteiger partial charge in [0, 0.05) is 54.6 Å². The summed E-state index contributed by atoms with van der Waals surface area (Å²) in [5, 5.41) is 18.6. The van der Waals surface area contributed by atoms with Gasteiger partial charge in [-0.25, -0.2) is 23.9 Å². The Bertz CT molecular complexity index is 1720. The molecule has 0 amide bonds. The van der Waals surface area contributed by atoms with E-state index < -0.39 is 11.1 Å². The van der Waals surface area contributed by atoms with Crippen molar-refractivity contribution in [2.75, 3.05) is 24.6 Å². The van der Waals surface area contributed by atoms with Gasteiger partial charge in [0.15, 0.2) is 0 Å². The van der Waals surface area contributed by atoms with Gasteiger partial charge < -0.3 is 15.7 Å². The van der Waals surface area contributed by atoms with Gasteiger partial charge in [0.1, 0.15) is 12.1 Å². The van der Waals surface area contributed by atoms with Crippen molar-refractivity contribution in [3.8, 4) is 11.1 Å². The highest BCUT2D eigenvalue weighted by Crippen LogP contribution is 2.31. The molecule has 210 valence electrons. The van der Waals surface area contributed by atoms with Crippen molar-refractivity contribution in [2.45, 2.75) is 38.3 Å². The molecule has 11 heteroatoms. The molecule has 10 nitrogen and oxygen atoms in total. The zero-order valence-corrected chi connectivity index (χ0v) is 23.2. The maximum absolute atomic E-state index is 13.4. The molecular weight excluding hydrogens is 521 g/mol. The Hall–Kier alpha value is -4.48. The third kappa shape index (κ3) is 4.98. The van der Waals surface area contributed by atoms with Crippen LogP contribution >= 0.6 is 0 Å². The van der Waals surface area contributed by atoms with Gasteiger partial charge in [0.2, 0.25) is 5.95 Å². The zero-order valence-electron chi connectivity index (χ0n) is 23.2. The molecular formula is C30H32FN9O. The van der Waals surface area contributed by atoms with Crippen LogP contribution in [0.1, 0.15) is 44.0 Å². The Morgan fingerprint density at radius 3 is 2.39 bits per heavy atom. The molecule has 0 saturated heterocycles. The van der Waals surface area contributed by atoms with Crippen molar-refractivity contribution < 1.29 is 9.50 Å². The topological polar surface area (TPSA) is 123 Å². The summed E-state index contributed by atoms with van der Waals surface area (Å²) >= 11 is 0. The van der Waals surface area contributed by atoms with Gasteiger partial charge in [-0.15, -0.1) is 0 Å². The summed E-state index contributed by atoms with van der Waals surface area (Å²) in [5.41, 5.74) is 11.6.